The third kappa shape index (κ3) is 5.73. The predicted molar refractivity (Wildman–Crippen MR) is 146 cm³/mol. The van der Waals surface area contributed by atoms with Gasteiger partial charge >= 0.3 is 0 Å². The third-order valence-electron chi connectivity index (χ3n) is 9.06. The maximum atomic E-state index is 13.8. The zero-order valence-corrected chi connectivity index (χ0v) is 23.3. The van der Waals surface area contributed by atoms with Crippen LogP contribution in [0.4, 0.5) is 0 Å². The Morgan fingerprint density at radius 3 is 2.46 bits per heavy atom. The van der Waals surface area contributed by atoms with Crippen LogP contribution in [0.5, 0.6) is 11.5 Å². The smallest absolute Gasteiger partial charge is 0.246 e. The molecule has 7 nitrogen and oxygen atoms in total. The molecule has 0 bridgehead atoms. The minimum Gasteiger partial charge on any atom is -0.486 e. The molecule has 0 radical (unpaired) electrons. The predicted octanol–water partition coefficient (Wildman–Crippen LogP) is 4.87. The zero-order chi connectivity index (χ0) is 25.1. The zero-order valence-electron chi connectivity index (χ0n) is 22.5. The monoisotopic (exact) mass is 533 g/mol. The van der Waals surface area contributed by atoms with E-state index in [0.717, 1.165) is 43.9 Å². The Morgan fingerprint density at radius 1 is 1.05 bits per heavy atom. The van der Waals surface area contributed by atoms with Crippen LogP contribution in [-0.4, -0.2) is 66.0 Å². The SMILES string of the molecule is CCCCN1C(=O)C(CC2CCCCC2)NC(=O)C12CCN(C(C)c1ccc3c(c1)OCCO3)CC2.Cl. The Kier molecular flexibility index (Phi) is 9.28. The number of likely N-dealkylation sites (tertiary alicyclic amines) is 1. The number of amides is 2. The second-order valence-electron chi connectivity index (χ2n) is 11.3. The quantitative estimate of drug-likeness (QED) is 0.541. The van der Waals surface area contributed by atoms with Crippen LogP contribution in [0, 0.1) is 5.92 Å². The minimum atomic E-state index is -0.710. The molecule has 8 heteroatoms. The van der Waals surface area contributed by atoms with Gasteiger partial charge in [0.25, 0.3) is 0 Å². The molecule has 2 unspecified atom stereocenters. The minimum absolute atomic E-state index is 0. The Hall–Kier alpha value is -1.99. The lowest BCUT2D eigenvalue weighted by atomic mass is 9.78. The molecule has 1 aromatic carbocycles. The van der Waals surface area contributed by atoms with Crippen molar-refractivity contribution in [2.75, 3.05) is 32.8 Å². The summed E-state index contributed by atoms with van der Waals surface area (Å²) in [5.74, 6) is 2.41. The number of carbonyl (C=O) groups excluding carboxylic acids is 2. The largest absolute Gasteiger partial charge is 0.486 e. The molecule has 37 heavy (non-hydrogen) atoms. The van der Waals surface area contributed by atoms with Gasteiger partial charge in [0.15, 0.2) is 11.5 Å². The molecule has 3 aliphatic heterocycles. The number of hydrogen-bond donors (Lipinski definition) is 1. The van der Waals surface area contributed by atoms with Crippen LogP contribution < -0.4 is 14.8 Å². The van der Waals surface area contributed by atoms with E-state index in [-0.39, 0.29) is 36.3 Å². The fourth-order valence-electron chi connectivity index (χ4n) is 6.74. The molecule has 2 atom stereocenters. The summed E-state index contributed by atoms with van der Waals surface area (Å²) in [6.07, 6.45) is 10.3. The normalized spacial score (nSPS) is 24.9. The van der Waals surface area contributed by atoms with E-state index >= 15 is 0 Å². The fourth-order valence-corrected chi connectivity index (χ4v) is 6.74. The van der Waals surface area contributed by atoms with E-state index in [4.69, 9.17) is 9.47 Å². The molecule has 2 saturated heterocycles. The lowest BCUT2D eigenvalue weighted by Crippen LogP contribution is -2.73. The molecule has 1 aliphatic carbocycles. The van der Waals surface area contributed by atoms with Crippen LogP contribution in [0.2, 0.25) is 0 Å². The van der Waals surface area contributed by atoms with Crippen molar-refractivity contribution in [1.29, 1.82) is 0 Å². The molecule has 5 rings (SSSR count). The van der Waals surface area contributed by atoms with E-state index in [0.29, 0.717) is 38.5 Å². The molecule has 0 aromatic heterocycles. The van der Waals surface area contributed by atoms with Crippen LogP contribution in [0.15, 0.2) is 18.2 Å². The highest BCUT2D eigenvalue weighted by Gasteiger charge is 2.53. The summed E-state index contributed by atoms with van der Waals surface area (Å²) in [6, 6.07) is 6.05. The number of rotatable bonds is 7. The van der Waals surface area contributed by atoms with E-state index < -0.39 is 5.54 Å². The van der Waals surface area contributed by atoms with E-state index in [2.05, 4.69) is 36.2 Å². The summed E-state index contributed by atoms with van der Waals surface area (Å²) in [5.41, 5.74) is 0.480. The van der Waals surface area contributed by atoms with Crippen LogP contribution in [0.1, 0.15) is 89.7 Å². The summed E-state index contributed by atoms with van der Waals surface area (Å²) in [4.78, 5) is 31.9. The number of fused-ring (bicyclic) bond motifs is 1. The average Bonchev–Trinajstić information content (AvgIpc) is 2.92. The van der Waals surface area contributed by atoms with Gasteiger partial charge < -0.3 is 19.7 Å². The van der Waals surface area contributed by atoms with Gasteiger partial charge in [-0.25, -0.2) is 0 Å². The summed E-state index contributed by atoms with van der Waals surface area (Å²) < 4.78 is 11.5. The van der Waals surface area contributed by atoms with Gasteiger partial charge in [0.2, 0.25) is 11.8 Å². The maximum absolute atomic E-state index is 13.8. The molecular weight excluding hydrogens is 490 g/mol. The molecular formula is C29H44ClN3O4. The molecule has 2 amide bonds. The second kappa shape index (κ2) is 12.2. The van der Waals surface area contributed by atoms with Crippen LogP contribution in [0.3, 0.4) is 0 Å². The molecule has 1 N–H and O–H groups in total. The highest BCUT2D eigenvalue weighted by Crippen LogP contribution is 2.39. The number of halogens is 1. The van der Waals surface area contributed by atoms with Gasteiger partial charge in [-0.15, -0.1) is 12.4 Å². The maximum Gasteiger partial charge on any atom is 0.246 e. The molecule has 206 valence electrons. The highest BCUT2D eigenvalue weighted by atomic mass is 35.5. The Labute approximate surface area is 228 Å². The van der Waals surface area contributed by atoms with Crippen LogP contribution in [0.25, 0.3) is 0 Å². The molecule has 1 spiro atoms. The molecule has 4 aliphatic rings. The van der Waals surface area contributed by atoms with E-state index in [1.165, 1.54) is 37.7 Å². The number of hydrogen-bond acceptors (Lipinski definition) is 5. The first-order valence-electron chi connectivity index (χ1n) is 14.3. The van der Waals surface area contributed by atoms with Gasteiger partial charge in [-0.05, 0) is 56.2 Å². The van der Waals surface area contributed by atoms with Gasteiger partial charge in [0.05, 0.1) is 0 Å². The number of unbranched alkanes of at least 4 members (excludes halogenated alkanes) is 1. The third-order valence-corrected chi connectivity index (χ3v) is 9.06. The van der Waals surface area contributed by atoms with E-state index in [9.17, 15) is 9.59 Å². The number of piperazine rings is 1. The molecule has 3 fully saturated rings. The van der Waals surface area contributed by atoms with Gasteiger partial charge in [-0.1, -0.05) is 51.5 Å². The highest BCUT2D eigenvalue weighted by molar-refractivity contribution is 6.00. The first-order valence-corrected chi connectivity index (χ1v) is 14.3. The molecule has 1 saturated carbocycles. The molecule has 3 heterocycles. The number of nitrogens with one attached hydrogen (secondary N) is 1. The lowest BCUT2D eigenvalue weighted by Gasteiger charge is -2.52. The number of ether oxygens (including phenoxy) is 2. The first-order chi connectivity index (χ1) is 17.5. The van der Waals surface area contributed by atoms with Crippen molar-refractivity contribution in [1.82, 2.24) is 15.1 Å². The number of benzene rings is 1. The number of carbonyl (C=O) groups is 2. The number of nitrogens with zero attached hydrogens (tertiary/aromatic N) is 2. The van der Waals surface area contributed by atoms with E-state index in [1.807, 2.05) is 11.0 Å². The van der Waals surface area contributed by atoms with Crippen LogP contribution in [-0.2, 0) is 9.59 Å². The summed E-state index contributed by atoms with van der Waals surface area (Å²) in [6.45, 7) is 7.78. The number of piperidine rings is 1. The first kappa shape index (κ1) is 28.0. The standard InChI is InChI=1S/C29H43N3O4.ClH/c1-3-4-14-32-27(33)24(19-22-8-6-5-7-9-22)30-28(34)29(32)12-15-31(16-13-29)21(2)23-10-11-25-26(20-23)36-18-17-35-25;/h10-11,20-22,24H,3-9,12-19H2,1-2H3,(H,30,34);1H. The van der Waals surface area contributed by atoms with E-state index in [1.54, 1.807) is 0 Å². The van der Waals surface area contributed by atoms with Gasteiger partial charge in [-0.2, -0.15) is 0 Å². The van der Waals surface area contributed by atoms with Crippen molar-refractivity contribution >= 4 is 24.2 Å². The van der Waals surface area contributed by atoms with Gasteiger partial charge in [-0.3, -0.25) is 14.5 Å². The van der Waals surface area contributed by atoms with Crippen molar-refractivity contribution in [2.45, 2.75) is 95.7 Å². The van der Waals surface area contributed by atoms with Gasteiger partial charge in [0.1, 0.15) is 24.8 Å². The fraction of sp³-hybridized carbons (Fsp3) is 0.724. The Bertz CT molecular complexity index is 943. The van der Waals surface area contributed by atoms with Crippen molar-refractivity contribution in [2.24, 2.45) is 5.92 Å². The van der Waals surface area contributed by atoms with Crippen molar-refractivity contribution in [3.05, 3.63) is 23.8 Å². The van der Waals surface area contributed by atoms with Crippen molar-refractivity contribution < 1.29 is 19.1 Å². The van der Waals surface area contributed by atoms with Crippen molar-refractivity contribution in [3.8, 4) is 11.5 Å². The second-order valence-corrected chi connectivity index (χ2v) is 11.3. The summed E-state index contributed by atoms with van der Waals surface area (Å²) >= 11 is 0. The van der Waals surface area contributed by atoms with Crippen LogP contribution >= 0.6 is 12.4 Å². The Balaban J connectivity index is 0.00000320. The topological polar surface area (TPSA) is 71.1 Å². The Morgan fingerprint density at radius 2 is 1.76 bits per heavy atom. The summed E-state index contributed by atoms with van der Waals surface area (Å²) in [7, 11) is 0. The average molecular weight is 534 g/mol. The lowest BCUT2D eigenvalue weighted by molar-refractivity contribution is -0.162. The van der Waals surface area contributed by atoms with Crippen molar-refractivity contribution in [3.63, 3.8) is 0 Å². The molecule has 1 aromatic rings. The van der Waals surface area contributed by atoms with Gasteiger partial charge in [0, 0.05) is 25.7 Å². The summed E-state index contributed by atoms with van der Waals surface area (Å²) in [5, 5.41) is 3.21.